The molecule has 0 aromatic heterocycles. The molecule has 1 fully saturated rings. The molecule has 1 aliphatic rings. The molecular formula is C16H23NO2. The lowest BCUT2D eigenvalue weighted by Gasteiger charge is -2.08. The van der Waals surface area contributed by atoms with E-state index in [-0.39, 0.29) is 22.5 Å². The molecular weight excluding hydrogens is 238 g/mol. The van der Waals surface area contributed by atoms with Gasteiger partial charge in [-0.25, -0.2) is 0 Å². The van der Waals surface area contributed by atoms with Gasteiger partial charge in [-0.15, -0.1) is 0 Å². The zero-order valence-corrected chi connectivity index (χ0v) is 12.4. The van der Waals surface area contributed by atoms with Crippen LogP contribution in [0.5, 0.6) is 5.75 Å². The van der Waals surface area contributed by atoms with E-state index in [9.17, 15) is 9.90 Å². The number of nitrogens with one attached hydrogen (secondary N) is 1. The second-order valence-corrected chi connectivity index (χ2v) is 6.73. The Bertz CT molecular complexity index is 503. The van der Waals surface area contributed by atoms with Crippen molar-refractivity contribution in [3.63, 3.8) is 0 Å². The molecule has 0 atom stereocenters. The predicted molar refractivity (Wildman–Crippen MR) is 76.2 cm³/mol. The van der Waals surface area contributed by atoms with Crippen LogP contribution < -0.4 is 5.32 Å². The van der Waals surface area contributed by atoms with E-state index in [0.29, 0.717) is 18.0 Å². The van der Waals surface area contributed by atoms with Crippen LogP contribution in [0.2, 0.25) is 0 Å². The van der Waals surface area contributed by atoms with E-state index in [2.05, 4.69) is 33.0 Å². The number of rotatable bonds is 3. The van der Waals surface area contributed by atoms with Crippen LogP contribution in [0.4, 0.5) is 0 Å². The summed E-state index contributed by atoms with van der Waals surface area (Å²) in [6.07, 6.45) is 0. The second-order valence-electron chi connectivity index (χ2n) is 6.73. The van der Waals surface area contributed by atoms with E-state index >= 15 is 0 Å². The summed E-state index contributed by atoms with van der Waals surface area (Å²) < 4.78 is 0. The van der Waals surface area contributed by atoms with Gasteiger partial charge in [0.2, 0.25) is 0 Å². The van der Waals surface area contributed by atoms with E-state index in [0.717, 1.165) is 5.56 Å². The molecule has 1 amide bonds. The summed E-state index contributed by atoms with van der Waals surface area (Å²) >= 11 is 0. The lowest BCUT2D eigenvalue weighted by atomic mass is 10.0. The highest BCUT2D eigenvalue weighted by Gasteiger charge is 2.64. The van der Waals surface area contributed by atoms with Gasteiger partial charge in [-0.2, -0.15) is 0 Å². The maximum Gasteiger partial charge on any atom is 0.255 e. The minimum absolute atomic E-state index is 0.0480. The first-order chi connectivity index (χ1) is 8.68. The van der Waals surface area contributed by atoms with Gasteiger partial charge in [0.05, 0.1) is 5.56 Å². The van der Waals surface area contributed by atoms with Crippen LogP contribution in [0.15, 0.2) is 18.2 Å². The van der Waals surface area contributed by atoms with Crippen molar-refractivity contribution in [2.75, 3.05) is 6.54 Å². The van der Waals surface area contributed by atoms with Crippen molar-refractivity contribution < 1.29 is 9.90 Å². The molecule has 0 radical (unpaired) electrons. The number of carbonyl (C=O) groups is 1. The fourth-order valence-electron chi connectivity index (χ4n) is 2.97. The molecule has 3 heteroatoms. The minimum Gasteiger partial charge on any atom is -0.507 e. The van der Waals surface area contributed by atoms with Gasteiger partial charge < -0.3 is 10.4 Å². The van der Waals surface area contributed by atoms with Crippen molar-refractivity contribution in [1.29, 1.82) is 0 Å². The average Bonchev–Trinajstić information content (AvgIpc) is 2.66. The van der Waals surface area contributed by atoms with E-state index < -0.39 is 0 Å². The first-order valence-electron chi connectivity index (χ1n) is 6.75. The summed E-state index contributed by atoms with van der Waals surface area (Å²) in [7, 11) is 0. The van der Waals surface area contributed by atoms with Gasteiger partial charge >= 0.3 is 0 Å². The third-order valence-corrected chi connectivity index (χ3v) is 5.18. The highest BCUT2D eigenvalue weighted by atomic mass is 16.3. The van der Waals surface area contributed by atoms with Crippen molar-refractivity contribution in [3.05, 3.63) is 29.3 Å². The maximum atomic E-state index is 12.1. The Labute approximate surface area is 115 Å². The van der Waals surface area contributed by atoms with Gasteiger partial charge in [0.1, 0.15) is 5.75 Å². The highest BCUT2D eigenvalue weighted by Crippen LogP contribution is 2.67. The van der Waals surface area contributed by atoms with Crippen LogP contribution >= 0.6 is 0 Å². The maximum absolute atomic E-state index is 12.1. The number of aryl methyl sites for hydroxylation is 1. The number of carbonyl (C=O) groups excluding carboxylic acids is 1. The zero-order chi connectivity index (χ0) is 14.4. The smallest absolute Gasteiger partial charge is 0.255 e. The number of aromatic hydroxyl groups is 1. The van der Waals surface area contributed by atoms with Crippen molar-refractivity contribution in [2.45, 2.75) is 34.6 Å². The van der Waals surface area contributed by atoms with Gasteiger partial charge in [0.15, 0.2) is 0 Å². The minimum atomic E-state index is -0.198. The van der Waals surface area contributed by atoms with Gasteiger partial charge in [-0.1, -0.05) is 33.8 Å². The predicted octanol–water partition coefficient (Wildman–Crippen LogP) is 3.11. The van der Waals surface area contributed by atoms with Crippen LogP contribution in [0, 0.1) is 23.7 Å². The zero-order valence-electron chi connectivity index (χ0n) is 12.4. The molecule has 19 heavy (non-hydrogen) atoms. The summed E-state index contributed by atoms with van der Waals surface area (Å²) in [5.41, 5.74) is 1.81. The fourth-order valence-corrected chi connectivity index (χ4v) is 2.97. The van der Waals surface area contributed by atoms with Crippen molar-refractivity contribution in [1.82, 2.24) is 5.32 Å². The molecule has 2 N–H and O–H groups in total. The lowest BCUT2D eigenvalue weighted by molar-refractivity contribution is 0.0947. The number of hydrogen-bond acceptors (Lipinski definition) is 2. The topological polar surface area (TPSA) is 49.3 Å². The van der Waals surface area contributed by atoms with Gasteiger partial charge in [-0.3, -0.25) is 4.79 Å². The molecule has 0 bridgehead atoms. The summed E-state index contributed by atoms with van der Waals surface area (Å²) in [6, 6.07) is 5.11. The molecule has 104 valence electrons. The Hall–Kier alpha value is -1.51. The van der Waals surface area contributed by atoms with Crippen molar-refractivity contribution in [3.8, 4) is 5.75 Å². The standard InChI is InChI=1S/C16H23NO2/c1-10-6-7-11(12(18)8-10)14(19)17-9-13-15(2,3)16(13,4)5/h6-8,13,18H,9H2,1-5H3,(H,17,19). The third kappa shape index (κ3) is 2.22. The molecule has 3 nitrogen and oxygen atoms in total. The van der Waals surface area contributed by atoms with Crippen LogP contribution in [0.1, 0.15) is 43.6 Å². The van der Waals surface area contributed by atoms with Gasteiger partial charge in [-0.05, 0) is 41.4 Å². The third-order valence-electron chi connectivity index (χ3n) is 5.18. The average molecular weight is 261 g/mol. The number of phenols is 1. The monoisotopic (exact) mass is 261 g/mol. The largest absolute Gasteiger partial charge is 0.507 e. The SMILES string of the molecule is Cc1ccc(C(=O)NCC2C(C)(C)C2(C)C)c(O)c1. The molecule has 1 aromatic carbocycles. The normalized spacial score (nSPS) is 20.1. The number of phenolic OH excluding ortho intramolecular Hbond substituents is 1. The number of hydrogen-bond donors (Lipinski definition) is 2. The van der Waals surface area contributed by atoms with E-state index in [1.807, 2.05) is 13.0 Å². The van der Waals surface area contributed by atoms with Crippen molar-refractivity contribution >= 4 is 5.91 Å². The first kappa shape index (κ1) is 13.9. The molecule has 0 heterocycles. The first-order valence-corrected chi connectivity index (χ1v) is 6.75. The van der Waals surface area contributed by atoms with Crippen LogP contribution in [0.3, 0.4) is 0 Å². The number of amides is 1. The molecule has 2 rings (SSSR count). The Morgan fingerprint density at radius 2 is 1.84 bits per heavy atom. The molecule has 1 aliphatic carbocycles. The summed E-state index contributed by atoms with van der Waals surface area (Å²) in [6.45, 7) is 11.5. The van der Waals surface area contributed by atoms with E-state index in [4.69, 9.17) is 0 Å². The number of benzene rings is 1. The molecule has 0 saturated heterocycles. The molecule has 1 aromatic rings. The van der Waals surface area contributed by atoms with Crippen LogP contribution in [0.25, 0.3) is 0 Å². The summed E-state index contributed by atoms with van der Waals surface area (Å²) in [5, 5.41) is 12.7. The van der Waals surface area contributed by atoms with Gasteiger partial charge in [0, 0.05) is 6.54 Å². The Morgan fingerprint density at radius 3 is 2.32 bits per heavy atom. The van der Waals surface area contributed by atoms with Crippen molar-refractivity contribution in [2.24, 2.45) is 16.7 Å². The molecule has 0 spiro atoms. The Balaban J connectivity index is 2.00. The Kier molecular flexibility index (Phi) is 3.12. The summed E-state index contributed by atoms with van der Waals surface area (Å²) in [4.78, 5) is 12.1. The quantitative estimate of drug-likeness (QED) is 0.878. The molecule has 0 aliphatic heterocycles. The molecule has 0 unspecified atom stereocenters. The van der Waals surface area contributed by atoms with E-state index in [1.54, 1.807) is 12.1 Å². The van der Waals surface area contributed by atoms with E-state index in [1.165, 1.54) is 0 Å². The van der Waals surface area contributed by atoms with Gasteiger partial charge in [0.25, 0.3) is 5.91 Å². The second kappa shape index (κ2) is 4.26. The summed E-state index contributed by atoms with van der Waals surface area (Å²) in [5.74, 6) is 0.333. The Morgan fingerprint density at radius 1 is 1.26 bits per heavy atom. The molecule has 1 saturated carbocycles. The highest BCUT2D eigenvalue weighted by molar-refractivity contribution is 5.96. The van der Waals surface area contributed by atoms with Crippen LogP contribution in [-0.4, -0.2) is 17.6 Å². The lowest BCUT2D eigenvalue weighted by Crippen LogP contribution is -2.27. The fraction of sp³-hybridized carbons (Fsp3) is 0.562. The van der Waals surface area contributed by atoms with Crippen LogP contribution in [-0.2, 0) is 0 Å².